The van der Waals surface area contributed by atoms with Gasteiger partial charge in [0.05, 0.1) is 18.7 Å². The molecule has 0 aromatic heterocycles. The molecule has 0 unspecified atom stereocenters. The summed E-state index contributed by atoms with van der Waals surface area (Å²) in [4.78, 5) is 14.5. The Morgan fingerprint density at radius 2 is 1.88 bits per heavy atom. The van der Waals surface area contributed by atoms with Crippen LogP contribution >= 0.6 is 0 Å². The fraction of sp³-hybridized carbons (Fsp3) is 0.350. The molecule has 1 saturated heterocycles. The molecule has 2 aromatic rings. The Labute approximate surface area is 147 Å². The van der Waals surface area contributed by atoms with E-state index in [-0.39, 0.29) is 23.9 Å². The van der Waals surface area contributed by atoms with Crippen molar-refractivity contribution in [3.8, 4) is 0 Å². The molecule has 1 aliphatic heterocycles. The number of morpholine rings is 1. The quantitative estimate of drug-likeness (QED) is 0.929. The summed E-state index contributed by atoms with van der Waals surface area (Å²) in [5.41, 5.74) is 8.05. The normalized spacial score (nSPS) is 21.8. The van der Waals surface area contributed by atoms with Crippen LogP contribution in [0.3, 0.4) is 0 Å². The highest BCUT2D eigenvalue weighted by molar-refractivity contribution is 5.82. The third-order valence-corrected chi connectivity index (χ3v) is 4.43. The van der Waals surface area contributed by atoms with E-state index in [9.17, 15) is 9.18 Å². The first kappa shape index (κ1) is 17.6. The molecular formula is C20H23FN2O2. The minimum absolute atomic E-state index is 0.0777. The lowest BCUT2D eigenvalue weighted by molar-refractivity contribution is -0.146. The summed E-state index contributed by atoms with van der Waals surface area (Å²) in [5.74, 6) is -0.364. The van der Waals surface area contributed by atoms with Crippen molar-refractivity contribution in [1.29, 1.82) is 0 Å². The van der Waals surface area contributed by atoms with Crippen LogP contribution in [0.5, 0.6) is 0 Å². The van der Waals surface area contributed by atoms with Crippen molar-refractivity contribution in [2.24, 2.45) is 5.73 Å². The van der Waals surface area contributed by atoms with Crippen molar-refractivity contribution in [1.82, 2.24) is 4.90 Å². The van der Waals surface area contributed by atoms with Gasteiger partial charge in [-0.05, 0) is 36.6 Å². The van der Waals surface area contributed by atoms with Crippen molar-refractivity contribution in [3.63, 3.8) is 0 Å². The van der Waals surface area contributed by atoms with E-state index in [0.29, 0.717) is 19.5 Å². The Balaban J connectivity index is 1.68. The van der Waals surface area contributed by atoms with Crippen LogP contribution in [0.15, 0.2) is 54.6 Å². The standard InChI is InChI=1S/C20H23FN2O2/c1-14-12-23(13-19(25-14)16-7-9-17(21)10-8-16)20(24)18(22)11-15-5-3-2-4-6-15/h2-10,14,18-19H,11-13,22H2,1H3/t14-,18-,19+/m0/s1. The van der Waals surface area contributed by atoms with E-state index in [1.807, 2.05) is 37.3 Å². The van der Waals surface area contributed by atoms with Crippen LogP contribution < -0.4 is 5.73 Å². The Morgan fingerprint density at radius 3 is 2.56 bits per heavy atom. The Kier molecular flexibility index (Phi) is 5.46. The SMILES string of the molecule is C[C@H]1CN(C(=O)[C@@H](N)Cc2ccccc2)C[C@H](c2ccc(F)cc2)O1. The average Bonchev–Trinajstić information content (AvgIpc) is 2.62. The van der Waals surface area contributed by atoms with Gasteiger partial charge in [0.25, 0.3) is 0 Å². The van der Waals surface area contributed by atoms with Crippen LogP contribution in [-0.4, -0.2) is 36.0 Å². The average molecular weight is 342 g/mol. The van der Waals surface area contributed by atoms with Gasteiger partial charge in [-0.3, -0.25) is 4.79 Å². The zero-order valence-corrected chi connectivity index (χ0v) is 14.3. The molecule has 2 aromatic carbocycles. The van der Waals surface area contributed by atoms with Crippen LogP contribution in [0.25, 0.3) is 0 Å². The van der Waals surface area contributed by atoms with Gasteiger partial charge in [-0.2, -0.15) is 0 Å². The lowest BCUT2D eigenvalue weighted by atomic mass is 10.0. The highest BCUT2D eigenvalue weighted by atomic mass is 19.1. The second-order valence-corrected chi connectivity index (χ2v) is 6.53. The second kappa shape index (κ2) is 7.76. The topological polar surface area (TPSA) is 55.6 Å². The lowest BCUT2D eigenvalue weighted by Gasteiger charge is -2.38. The number of ether oxygens (including phenoxy) is 1. The van der Waals surface area contributed by atoms with E-state index in [2.05, 4.69) is 0 Å². The smallest absolute Gasteiger partial charge is 0.240 e. The number of benzene rings is 2. The summed E-state index contributed by atoms with van der Waals surface area (Å²) in [5, 5.41) is 0. The number of carbonyl (C=O) groups excluding carboxylic acids is 1. The minimum Gasteiger partial charge on any atom is -0.367 e. The molecule has 2 N–H and O–H groups in total. The van der Waals surface area contributed by atoms with E-state index >= 15 is 0 Å². The number of hydrogen-bond donors (Lipinski definition) is 1. The zero-order valence-electron chi connectivity index (χ0n) is 14.3. The van der Waals surface area contributed by atoms with Gasteiger partial charge in [-0.15, -0.1) is 0 Å². The van der Waals surface area contributed by atoms with Crippen molar-refractivity contribution in [2.75, 3.05) is 13.1 Å². The monoisotopic (exact) mass is 342 g/mol. The Morgan fingerprint density at radius 1 is 1.20 bits per heavy atom. The summed E-state index contributed by atoms with van der Waals surface area (Å²) in [6.45, 7) is 2.87. The predicted octanol–water partition coefficient (Wildman–Crippen LogP) is 2.68. The molecule has 1 amide bonds. The number of nitrogens with zero attached hydrogens (tertiary/aromatic N) is 1. The molecule has 0 aliphatic carbocycles. The van der Waals surface area contributed by atoms with Crippen LogP contribution in [0.4, 0.5) is 4.39 Å². The molecule has 3 atom stereocenters. The molecular weight excluding hydrogens is 319 g/mol. The van der Waals surface area contributed by atoms with E-state index in [4.69, 9.17) is 10.5 Å². The highest BCUT2D eigenvalue weighted by Gasteiger charge is 2.31. The molecule has 1 aliphatic rings. The molecule has 132 valence electrons. The zero-order chi connectivity index (χ0) is 17.8. The highest BCUT2D eigenvalue weighted by Crippen LogP contribution is 2.26. The summed E-state index contributed by atoms with van der Waals surface area (Å²) in [6.07, 6.45) is 0.140. The number of amides is 1. The van der Waals surface area contributed by atoms with Gasteiger partial charge in [-0.1, -0.05) is 42.5 Å². The Hall–Kier alpha value is -2.24. The molecule has 1 heterocycles. The van der Waals surface area contributed by atoms with Crippen molar-refractivity contribution < 1.29 is 13.9 Å². The molecule has 0 saturated carbocycles. The van der Waals surface area contributed by atoms with Gasteiger partial charge >= 0.3 is 0 Å². The first-order valence-corrected chi connectivity index (χ1v) is 8.52. The number of rotatable bonds is 4. The van der Waals surface area contributed by atoms with Gasteiger partial charge in [0, 0.05) is 6.54 Å². The van der Waals surface area contributed by atoms with E-state index < -0.39 is 6.04 Å². The first-order chi connectivity index (χ1) is 12.0. The maximum absolute atomic E-state index is 13.1. The predicted molar refractivity (Wildman–Crippen MR) is 94.4 cm³/mol. The van der Waals surface area contributed by atoms with Crippen LogP contribution in [0.1, 0.15) is 24.2 Å². The second-order valence-electron chi connectivity index (χ2n) is 6.53. The maximum atomic E-state index is 13.1. The third-order valence-electron chi connectivity index (χ3n) is 4.43. The first-order valence-electron chi connectivity index (χ1n) is 8.52. The molecule has 1 fully saturated rings. The van der Waals surface area contributed by atoms with Crippen LogP contribution in [-0.2, 0) is 16.0 Å². The summed E-state index contributed by atoms with van der Waals surface area (Å²) in [6, 6.07) is 15.4. The molecule has 0 radical (unpaired) electrons. The summed E-state index contributed by atoms with van der Waals surface area (Å²) in [7, 11) is 0. The fourth-order valence-corrected chi connectivity index (χ4v) is 3.18. The van der Waals surface area contributed by atoms with Crippen molar-refractivity contribution in [2.45, 2.75) is 31.6 Å². The Bertz CT molecular complexity index is 705. The van der Waals surface area contributed by atoms with Gasteiger partial charge in [-0.25, -0.2) is 4.39 Å². The number of halogens is 1. The number of carbonyl (C=O) groups is 1. The largest absolute Gasteiger partial charge is 0.367 e. The fourth-order valence-electron chi connectivity index (χ4n) is 3.18. The molecule has 25 heavy (non-hydrogen) atoms. The number of hydrogen-bond acceptors (Lipinski definition) is 3. The molecule has 0 bridgehead atoms. The third kappa shape index (κ3) is 4.44. The van der Waals surface area contributed by atoms with E-state index in [1.165, 1.54) is 12.1 Å². The van der Waals surface area contributed by atoms with E-state index in [0.717, 1.165) is 11.1 Å². The summed E-state index contributed by atoms with van der Waals surface area (Å²) < 4.78 is 19.1. The van der Waals surface area contributed by atoms with Gasteiger partial charge < -0.3 is 15.4 Å². The molecule has 3 rings (SSSR count). The van der Waals surface area contributed by atoms with Crippen LogP contribution in [0.2, 0.25) is 0 Å². The lowest BCUT2D eigenvalue weighted by Crippen LogP contribution is -2.52. The minimum atomic E-state index is -0.582. The molecule has 0 spiro atoms. The van der Waals surface area contributed by atoms with Crippen molar-refractivity contribution >= 4 is 5.91 Å². The van der Waals surface area contributed by atoms with Gasteiger partial charge in [0.15, 0.2) is 0 Å². The maximum Gasteiger partial charge on any atom is 0.240 e. The molecule has 5 heteroatoms. The van der Waals surface area contributed by atoms with Crippen molar-refractivity contribution in [3.05, 3.63) is 71.5 Å². The van der Waals surface area contributed by atoms with Crippen LogP contribution in [0, 0.1) is 5.82 Å². The summed E-state index contributed by atoms with van der Waals surface area (Å²) >= 11 is 0. The van der Waals surface area contributed by atoms with Gasteiger partial charge in [0.1, 0.15) is 11.9 Å². The van der Waals surface area contributed by atoms with Gasteiger partial charge in [0.2, 0.25) is 5.91 Å². The van der Waals surface area contributed by atoms with E-state index in [1.54, 1.807) is 17.0 Å². The molecule has 4 nitrogen and oxygen atoms in total. The number of nitrogens with two attached hydrogens (primary N) is 1.